The third kappa shape index (κ3) is 5.21. The Bertz CT molecular complexity index is 728. The molecule has 23 heavy (non-hydrogen) atoms. The van der Waals surface area contributed by atoms with Gasteiger partial charge in [-0.3, -0.25) is 14.2 Å². The van der Waals surface area contributed by atoms with E-state index in [4.69, 9.17) is 11.6 Å². The van der Waals surface area contributed by atoms with Crippen LogP contribution in [0.25, 0.3) is 0 Å². The molecule has 0 aliphatic heterocycles. The highest BCUT2D eigenvalue weighted by molar-refractivity contribution is 6.31. The first-order valence-corrected chi connectivity index (χ1v) is 8.03. The molecule has 2 rings (SSSR count). The topological polar surface area (TPSA) is 64.0 Å². The summed E-state index contributed by atoms with van der Waals surface area (Å²) in [7, 11) is 0. The fourth-order valence-corrected chi connectivity index (χ4v) is 2.33. The van der Waals surface area contributed by atoms with Crippen molar-refractivity contribution in [2.75, 3.05) is 0 Å². The Balaban J connectivity index is 1.92. The molecule has 1 aromatic carbocycles. The van der Waals surface area contributed by atoms with Crippen LogP contribution in [0.15, 0.2) is 41.5 Å². The van der Waals surface area contributed by atoms with Gasteiger partial charge in [0, 0.05) is 23.3 Å². The van der Waals surface area contributed by atoms with Gasteiger partial charge in [-0.05, 0) is 24.5 Å². The van der Waals surface area contributed by atoms with Gasteiger partial charge in [-0.15, -0.1) is 0 Å². The Kier molecular flexibility index (Phi) is 6.35. The van der Waals surface area contributed by atoms with Gasteiger partial charge in [0.05, 0.1) is 6.33 Å². The van der Waals surface area contributed by atoms with Gasteiger partial charge in [-0.2, -0.15) is 0 Å². The first-order valence-electron chi connectivity index (χ1n) is 7.65. The van der Waals surface area contributed by atoms with Crippen molar-refractivity contribution >= 4 is 17.5 Å². The number of rotatable bonds is 7. The van der Waals surface area contributed by atoms with Gasteiger partial charge in [-0.1, -0.05) is 43.1 Å². The summed E-state index contributed by atoms with van der Waals surface area (Å²) in [5.74, 6) is -0.255. The number of hydrogen-bond donors (Lipinski definition) is 1. The zero-order valence-electron chi connectivity index (χ0n) is 13.1. The van der Waals surface area contributed by atoms with Gasteiger partial charge in [-0.25, -0.2) is 4.98 Å². The molecule has 0 aliphatic carbocycles. The van der Waals surface area contributed by atoms with E-state index in [0.717, 1.165) is 30.5 Å². The number of nitrogens with one attached hydrogen (secondary N) is 1. The lowest BCUT2D eigenvalue weighted by Crippen LogP contribution is -2.32. The van der Waals surface area contributed by atoms with Crippen LogP contribution >= 0.6 is 11.6 Å². The molecule has 1 heterocycles. The molecule has 5 nitrogen and oxygen atoms in total. The smallest absolute Gasteiger partial charge is 0.253 e. The van der Waals surface area contributed by atoms with Gasteiger partial charge in [0.15, 0.2) is 0 Å². The van der Waals surface area contributed by atoms with E-state index in [1.54, 1.807) is 6.07 Å². The number of hydrogen-bond acceptors (Lipinski definition) is 3. The van der Waals surface area contributed by atoms with Gasteiger partial charge in [0.2, 0.25) is 5.91 Å². The second-order valence-electron chi connectivity index (χ2n) is 5.32. The molecular weight excluding hydrogens is 314 g/mol. The van der Waals surface area contributed by atoms with E-state index in [1.165, 1.54) is 17.0 Å². The Labute approximate surface area is 140 Å². The number of aryl methyl sites for hydroxylation is 1. The van der Waals surface area contributed by atoms with Crippen LogP contribution in [0.1, 0.15) is 31.0 Å². The fraction of sp³-hybridized carbons (Fsp3) is 0.353. The number of benzene rings is 1. The second kappa shape index (κ2) is 8.48. The Morgan fingerprint density at radius 1 is 1.35 bits per heavy atom. The lowest BCUT2D eigenvalue weighted by molar-refractivity contribution is -0.121. The molecule has 122 valence electrons. The molecule has 0 bridgehead atoms. The van der Waals surface area contributed by atoms with E-state index < -0.39 is 0 Å². The van der Waals surface area contributed by atoms with Crippen molar-refractivity contribution in [3.05, 3.63) is 63.3 Å². The molecule has 0 atom stereocenters. The van der Waals surface area contributed by atoms with Crippen molar-refractivity contribution in [1.29, 1.82) is 0 Å². The van der Waals surface area contributed by atoms with E-state index in [-0.39, 0.29) is 18.0 Å². The maximum atomic E-state index is 12.0. The van der Waals surface area contributed by atoms with E-state index in [1.807, 2.05) is 18.2 Å². The molecule has 1 amide bonds. The van der Waals surface area contributed by atoms with Crippen molar-refractivity contribution in [2.24, 2.45) is 0 Å². The Morgan fingerprint density at radius 2 is 2.13 bits per heavy atom. The Hall–Kier alpha value is -2.14. The van der Waals surface area contributed by atoms with Crippen LogP contribution in [0.2, 0.25) is 5.02 Å². The molecular formula is C17H20ClN3O2. The first-order chi connectivity index (χ1) is 11.1. The van der Waals surface area contributed by atoms with Crippen LogP contribution in [0.4, 0.5) is 0 Å². The zero-order valence-corrected chi connectivity index (χ0v) is 13.8. The lowest BCUT2D eigenvalue weighted by Gasteiger charge is -2.09. The third-order valence-electron chi connectivity index (χ3n) is 3.47. The summed E-state index contributed by atoms with van der Waals surface area (Å²) in [6.45, 7) is 2.37. The Morgan fingerprint density at radius 3 is 2.83 bits per heavy atom. The van der Waals surface area contributed by atoms with Crippen molar-refractivity contribution in [2.45, 2.75) is 39.3 Å². The number of carbonyl (C=O) groups is 1. The van der Waals surface area contributed by atoms with Crippen molar-refractivity contribution in [3.8, 4) is 0 Å². The molecule has 0 unspecified atom stereocenters. The highest BCUT2D eigenvalue weighted by Crippen LogP contribution is 2.14. The van der Waals surface area contributed by atoms with Gasteiger partial charge in [0.25, 0.3) is 5.56 Å². The van der Waals surface area contributed by atoms with Crippen LogP contribution in [0.3, 0.4) is 0 Å². The maximum absolute atomic E-state index is 12.0. The molecule has 6 heteroatoms. The number of aromatic nitrogens is 2. The second-order valence-corrected chi connectivity index (χ2v) is 5.73. The van der Waals surface area contributed by atoms with Crippen LogP contribution in [-0.4, -0.2) is 15.5 Å². The summed E-state index contributed by atoms with van der Waals surface area (Å²) in [5, 5.41) is 3.36. The summed E-state index contributed by atoms with van der Waals surface area (Å²) in [6, 6.07) is 8.80. The third-order valence-corrected chi connectivity index (χ3v) is 3.84. The minimum Gasteiger partial charge on any atom is -0.350 e. The molecule has 1 N–H and O–H groups in total. The van der Waals surface area contributed by atoms with Crippen molar-refractivity contribution in [3.63, 3.8) is 0 Å². The van der Waals surface area contributed by atoms with Gasteiger partial charge < -0.3 is 5.32 Å². The van der Waals surface area contributed by atoms with E-state index in [9.17, 15) is 9.59 Å². The van der Waals surface area contributed by atoms with Crippen LogP contribution in [-0.2, 0) is 24.3 Å². The summed E-state index contributed by atoms with van der Waals surface area (Å²) in [6.07, 6.45) is 4.26. The standard InChI is InChI=1S/C17H20ClN3O2/c1-2-3-7-14-9-17(23)21(12-20-14)11-16(22)19-10-13-6-4-5-8-15(13)18/h4-6,8-9,12H,2-3,7,10-11H2,1H3,(H,19,22). The fourth-order valence-electron chi connectivity index (χ4n) is 2.12. The summed E-state index contributed by atoms with van der Waals surface area (Å²) >= 11 is 6.04. The average molecular weight is 334 g/mol. The molecule has 0 spiro atoms. The van der Waals surface area contributed by atoms with E-state index >= 15 is 0 Å². The zero-order chi connectivity index (χ0) is 16.7. The summed E-state index contributed by atoms with van der Waals surface area (Å²) < 4.78 is 1.30. The molecule has 0 radical (unpaired) electrons. The van der Waals surface area contributed by atoms with Crippen LogP contribution in [0.5, 0.6) is 0 Å². The lowest BCUT2D eigenvalue weighted by atomic mass is 10.2. The van der Waals surface area contributed by atoms with Gasteiger partial charge in [0.1, 0.15) is 6.54 Å². The van der Waals surface area contributed by atoms with Gasteiger partial charge >= 0.3 is 0 Å². The summed E-state index contributed by atoms with van der Waals surface area (Å²) in [4.78, 5) is 28.2. The average Bonchev–Trinajstić information content (AvgIpc) is 2.54. The normalized spacial score (nSPS) is 10.5. The minimum absolute atomic E-state index is 0.0512. The van der Waals surface area contributed by atoms with Crippen molar-refractivity contribution in [1.82, 2.24) is 14.9 Å². The highest BCUT2D eigenvalue weighted by atomic mass is 35.5. The number of halogens is 1. The number of carbonyl (C=O) groups excluding carboxylic acids is 1. The SMILES string of the molecule is CCCCc1cc(=O)n(CC(=O)NCc2ccccc2Cl)cn1. The first kappa shape index (κ1) is 17.2. The van der Waals surface area contributed by atoms with Crippen LogP contribution in [0, 0.1) is 0 Å². The largest absolute Gasteiger partial charge is 0.350 e. The molecule has 0 saturated carbocycles. The number of unbranched alkanes of at least 4 members (excludes halogenated alkanes) is 1. The predicted octanol–water partition coefficient (Wildman–Crippen LogP) is 2.56. The predicted molar refractivity (Wildman–Crippen MR) is 90.4 cm³/mol. The number of amides is 1. The monoisotopic (exact) mass is 333 g/mol. The molecule has 2 aromatic rings. The van der Waals surface area contributed by atoms with E-state index in [2.05, 4.69) is 17.2 Å². The molecule has 0 saturated heterocycles. The number of nitrogens with zero attached hydrogens (tertiary/aromatic N) is 2. The van der Waals surface area contributed by atoms with Crippen molar-refractivity contribution < 1.29 is 4.79 Å². The quantitative estimate of drug-likeness (QED) is 0.847. The minimum atomic E-state index is -0.255. The summed E-state index contributed by atoms with van der Waals surface area (Å²) in [5.41, 5.74) is 1.39. The maximum Gasteiger partial charge on any atom is 0.253 e. The molecule has 1 aromatic heterocycles. The highest BCUT2D eigenvalue weighted by Gasteiger charge is 2.07. The van der Waals surface area contributed by atoms with Crippen LogP contribution < -0.4 is 10.9 Å². The van der Waals surface area contributed by atoms with E-state index in [0.29, 0.717) is 11.6 Å². The molecule has 0 aliphatic rings. The molecule has 0 fully saturated rings.